The molecule has 2 aromatic carbocycles. The smallest absolute Gasteiger partial charge is 0.134 e. The molecule has 3 nitrogen and oxygen atoms in total. The van der Waals surface area contributed by atoms with Crippen LogP contribution >= 0.6 is 0 Å². The summed E-state index contributed by atoms with van der Waals surface area (Å²) in [6, 6.07) is 14.3. The van der Waals surface area contributed by atoms with Gasteiger partial charge >= 0.3 is 0 Å². The Labute approximate surface area is 127 Å². The zero-order chi connectivity index (χ0) is 15.1. The Kier molecular flexibility index (Phi) is 3.21. The van der Waals surface area contributed by atoms with Crippen LogP contribution in [0, 0.1) is 5.82 Å². The van der Waals surface area contributed by atoms with Crippen molar-refractivity contribution in [2.24, 2.45) is 0 Å². The lowest BCUT2D eigenvalue weighted by molar-refractivity contribution is 0.139. The fourth-order valence-electron chi connectivity index (χ4n) is 3.19. The second-order valence-electron chi connectivity index (χ2n) is 5.72. The van der Waals surface area contributed by atoms with E-state index in [1.54, 1.807) is 6.07 Å². The minimum absolute atomic E-state index is 0.0962. The zero-order valence-electron chi connectivity index (χ0n) is 11.9. The van der Waals surface area contributed by atoms with Crippen molar-refractivity contribution in [2.75, 3.05) is 0 Å². The molecule has 0 aliphatic heterocycles. The van der Waals surface area contributed by atoms with Gasteiger partial charge in [0, 0.05) is 11.8 Å². The lowest BCUT2D eigenvalue weighted by atomic mass is 10.1. The molecule has 0 amide bonds. The molecular weight excluding hydrogens is 281 g/mol. The molecule has 0 radical (unpaired) electrons. The summed E-state index contributed by atoms with van der Waals surface area (Å²) < 4.78 is 18.9. The van der Waals surface area contributed by atoms with Crippen LogP contribution in [0.2, 0.25) is 0 Å². The van der Waals surface area contributed by atoms with Crippen LogP contribution in [0.5, 0.6) is 0 Å². The predicted molar refractivity (Wildman–Crippen MR) is 81.9 cm³/mol. The molecule has 22 heavy (non-hydrogen) atoms. The summed E-state index contributed by atoms with van der Waals surface area (Å²) in [5.74, 6) is 0.463. The third-order valence-corrected chi connectivity index (χ3v) is 4.23. The molecule has 1 aromatic heterocycles. The molecular formula is C18H16FNO2. The number of hydrogen-bond acceptors (Lipinski definition) is 3. The highest BCUT2D eigenvalue weighted by Gasteiger charge is 2.30. The van der Waals surface area contributed by atoms with Gasteiger partial charge in [-0.25, -0.2) is 4.39 Å². The van der Waals surface area contributed by atoms with E-state index in [0.717, 1.165) is 16.7 Å². The maximum Gasteiger partial charge on any atom is 0.134 e. The molecule has 0 saturated carbocycles. The largest absolute Gasteiger partial charge is 0.460 e. The van der Waals surface area contributed by atoms with Crippen molar-refractivity contribution in [1.29, 1.82) is 0 Å². The van der Waals surface area contributed by atoms with Gasteiger partial charge in [-0.3, -0.25) is 0 Å². The van der Waals surface area contributed by atoms with Crippen LogP contribution < -0.4 is 5.32 Å². The quantitative estimate of drug-likeness (QED) is 0.779. The second-order valence-corrected chi connectivity index (χ2v) is 5.72. The van der Waals surface area contributed by atoms with E-state index in [9.17, 15) is 9.50 Å². The Morgan fingerprint density at radius 1 is 1.18 bits per heavy atom. The van der Waals surface area contributed by atoms with Crippen LogP contribution in [0.4, 0.5) is 4.39 Å². The van der Waals surface area contributed by atoms with Gasteiger partial charge < -0.3 is 14.8 Å². The molecule has 1 heterocycles. The molecule has 112 valence electrons. The van der Waals surface area contributed by atoms with E-state index in [4.69, 9.17) is 4.42 Å². The average molecular weight is 297 g/mol. The first-order valence-corrected chi connectivity index (χ1v) is 7.38. The Morgan fingerprint density at radius 2 is 2.05 bits per heavy atom. The van der Waals surface area contributed by atoms with Crippen molar-refractivity contribution in [2.45, 2.75) is 25.1 Å². The monoisotopic (exact) mass is 297 g/mol. The molecule has 1 aliphatic rings. The normalized spacial score (nSPS) is 20.5. The van der Waals surface area contributed by atoms with Gasteiger partial charge in [-0.1, -0.05) is 24.3 Å². The van der Waals surface area contributed by atoms with Gasteiger partial charge in [0.1, 0.15) is 17.2 Å². The number of hydrogen-bond donors (Lipinski definition) is 2. The molecule has 0 saturated heterocycles. The maximum absolute atomic E-state index is 13.2. The van der Waals surface area contributed by atoms with Gasteiger partial charge in [0.25, 0.3) is 0 Å². The Hall–Kier alpha value is -2.17. The average Bonchev–Trinajstić information content (AvgIpc) is 3.04. The molecule has 0 bridgehead atoms. The maximum atomic E-state index is 13.2. The number of nitrogens with one attached hydrogen (secondary N) is 1. The topological polar surface area (TPSA) is 45.4 Å². The number of aliphatic hydroxyl groups excluding tert-OH is 1. The zero-order valence-corrected chi connectivity index (χ0v) is 11.9. The number of benzene rings is 2. The van der Waals surface area contributed by atoms with Gasteiger partial charge in [-0.05, 0) is 35.4 Å². The van der Waals surface area contributed by atoms with Crippen LogP contribution in [-0.4, -0.2) is 11.2 Å². The lowest BCUT2D eigenvalue weighted by Crippen LogP contribution is -2.28. The minimum atomic E-state index is -0.431. The van der Waals surface area contributed by atoms with Crippen molar-refractivity contribution in [1.82, 2.24) is 5.32 Å². The van der Waals surface area contributed by atoms with Crippen molar-refractivity contribution < 1.29 is 13.9 Å². The standard InChI is InChI=1S/C18H16FNO2/c19-13-5-6-17-12(7-13)8-14(22-17)10-20-18-15-4-2-1-3-11(15)9-16(18)21/h1-8,16,18,20-21H,9-10H2/t16-,18+/m0/s1. The highest BCUT2D eigenvalue weighted by molar-refractivity contribution is 5.77. The highest BCUT2D eigenvalue weighted by atomic mass is 19.1. The van der Waals surface area contributed by atoms with Crippen LogP contribution in [-0.2, 0) is 13.0 Å². The predicted octanol–water partition coefficient (Wildman–Crippen LogP) is 3.32. The van der Waals surface area contributed by atoms with Crippen LogP contribution in [0.15, 0.2) is 52.9 Å². The number of fused-ring (bicyclic) bond motifs is 2. The molecule has 0 unspecified atom stereocenters. The third kappa shape index (κ3) is 2.30. The summed E-state index contributed by atoms with van der Waals surface area (Å²) in [4.78, 5) is 0. The molecule has 1 aliphatic carbocycles. The molecule has 0 spiro atoms. The van der Waals surface area contributed by atoms with Crippen LogP contribution in [0.1, 0.15) is 22.9 Å². The Balaban J connectivity index is 1.54. The van der Waals surface area contributed by atoms with Crippen molar-refractivity contribution in [3.8, 4) is 0 Å². The van der Waals surface area contributed by atoms with Gasteiger partial charge in [0.2, 0.25) is 0 Å². The summed E-state index contributed by atoms with van der Waals surface area (Å²) in [6.07, 6.45) is 0.235. The van der Waals surface area contributed by atoms with Crippen molar-refractivity contribution in [3.63, 3.8) is 0 Å². The van der Waals surface area contributed by atoms with E-state index in [0.29, 0.717) is 18.5 Å². The van der Waals surface area contributed by atoms with E-state index >= 15 is 0 Å². The van der Waals surface area contributed by atoms with Crippen molar-refractivity contribution >= 4 is 11.0 Å². The molecule has 2 atom stereocenters. The number of aliphatic hydroxyl groups is 1. The highest BCUT2D eigenvalue weighted by Crippen LogP contribution is 2.31. The molecule has 0 fully saturated rings. The number of rotatable bonds is 3. The van der Waals surface area contributed by atoms with E-state index in [1.165, 1.54) is 17.7 Å². The van der Waals surface area contributed by atoms with Gasteiger partial charge in [0.05, 0.1) is 18.7 Å². The number of halogens is 1. The lowest BCUT2D eigenvalue weighted by Gasteiger charge is -2.17. The third-order valence-electron chi connectivity index (χ3n) is 4.23. The minimum Gasteiger partial charge on any atom is -0.460 e. The van der Waals surface area contributed by atoms with Crippen LogP contribution in [0.3, 0.4) is 0 Å². The summed E-state index contributed by atoms with van der Waals surface area (Å²) in [7, 11) is 0. The molecule has 4 heteroatoms. The Morgan fingerprint density at radius 3 is 2.95 bits per heavy atom. The Bertz CT molecular complexity index is 827. The summed E-state index contributed by atoms with van der Waals surface area (Å²) in [5.41, 5.74) is 2.99. The van der Waals surface area contributed by atoms with Gasteiger partial charge in [-0.15, -0.1) is 0 Å². The van der Waals surface area contributed by atoms with Gasteiger partial charge in [0.15, 0.2) is 0 Å². The van der Waals surface area contributed by atoms with E-state index in [2.05, 4.69) is 5.32 Å². The first kappa shape index (κ1) is 13.5. The first-order valence-electron chi connectivity index (χ1n) is 7.38. The SMILES string of the molecule is O[C@H]1Cc2ccccc2[C@H]1NCc1cc2cc(F)ccc2o1. The van der Waals surface area contributed by atoms with Gasteiger partial charge in [-0.2, -0.15) is 0 Å². The second kappa shape index (κ2) is 5.23. The number of furan rings is 1. The summed E-state index contributed by atoms with van der Waals surface area (Å²) in [6.45, 7) is 0.492. The van der Waals surface area contributed by atoms with Crippen molar-refractivity contribution in [3.05, 3.63) is 71.2 Å². The molecule has 3 aromatic rings. The van der Waals surface area contributed by atoms with E-state index < -0.39 is 6.10 Å². The first-order chi connectivity index (χ1) is 10.7. The fraction of sp³-hybridized carbons (Fsp3) is 0.222. The summed E-state index contributed by atoms with van der Waals surface area (Å²) in [5, 5.41) is 14.3. The fourth-order valence-corrected chi connectivity index (χ4v) is 3.19. The van der Waals surface area contributed by atoms with E-state index in [-0.39, 0.29) is 11.9 Å². The van der Waals surface area contributed by atoms with Crippen LogP contribution in [0.25, 0.3) is 11.0 Å². The summed E-state index contributed by atoms with van der Waals surface area (Å²) >= 11 is 0. The van der Waals surface area contributed by atoms with E-state index in [1.807, 2.05) is 30.3 Å². The molecule has 2 N–H and O–H groups in total. The molecule has 4 rings (SSSR count).